The van der Waals surface area contributed by atoms with E-state index in [2.05, 4.69) is 20.1 Å². The Hall–Kier alpha value is -3.39. The zero-order valence-corrected chi connectivity index (χ0v) is 19.5. The second-order valence-electron chi connectivity index (χ2n) is 9.51. The van der Waals surface area contributed by atoms with Crippen LogP contribution >= 0.6 is 0 Å². The lowest BCUT2D eigenvalue weighted by Gasteiger charge is -2.25. The average molecular weight is 462 g/mol. The second-order valence-corrected chi connectivity index (χ2v) is 9.51. The van der Waals surface area contributed by atoms with Crippen LogP contribution in [0.25, 0.3) is 16.6 Å². The number of imidazole rings is 1. The summed E-state index contributed by atoms with van der Waals surface area (Å²) in [5.41, 5.74) is 3.41. The van der Waals surface area contributed by atoms with Crippen LogP contribution in [-0.2, 0) is 0 Å². The van der Waals surface area contributed by atoms with Gasteiger partial charge in [0.25, 0.3) is 5.91 Å². The van der Waals surface area contributed by atoms with Crippen LogP contribution < -0.4 is 10.2 Å². The molecule has 6 rings (SSSR count). The molecule has 0 spiro atoms. The summed E-state index contributed by atoms with van der Waals surface area (Å²) in [7, 11) is 0. The number of rotatable bonds is 4. The summed E-state index contributed by atoms with van der Waals surface area (Å²) >= 11 is 0. The van der Waals surface area contributed by atoms with Gasteiger partial charge in [-0.05, 0) is 64.4 Å². The van der Waals surface area contributed by atoms with Gasteiger partial charge in [-0.15, -0.1) is 0 Å². The lowest BCUT2D eigenvalue weighted by molar-refractivity contribution is 0.102. The Kier molecular flexibility index (Phi) is 5.06. The Balaban J connectivity index is 1.29. The number of aryl methyl sites for hydroxylation is 2. The van der Waals surface area contributed by atoms with Crippen LogP contribution in [0.3, 0.4) is 0 Å². The van der Waals surface area contributed by atoms with Gasteiger partial charge in [-0.1, -0.05) is 0 Å². The third-order valence-corrected chi connectivity index (χ3v) is 7.07. The molecule has 1 unspecified atom stereocenters. The van der Waals surface area contributed by atoms with E-state index in [9.17, 15) is 9.18 Å². The van der Waals surface area contributed by atoms with E-state index in [0.29, 0.717) is 28.6 Å². The number of pyridine rings is 1. The predicted molar refractivity (Wildman–Crippen MR) is 130 cm³/mol. The van der Waals surface area contributed by atoms with E-state index in [4.69, 9.17) is 4.42 Å². The molecule has 2 saturated heterocycles. The number of halogens is 1. The summed E-state index contributed by atoms with van der Waals surface area (Å²) in [5, 5.41) is 3.77. The average Bonchev–Trinajstić information content (AvgIpc) is 3.58. The van der Waals surface area contributed by atoms with E-state index >= 15 is 0 Å². The smallest absolute Gasteiger partial charge is 0.259 e. The van der Waals surface area contributed by atoms with Gasteiger partial charge in [-0.2, -0.15) is 0 Å². The molecular formula is C26H28FN5O2. The van der Waals surface area contributed by atoms with Crippen molar-refractivity contribution in [2.45, 2.75) is 39.2 Å². The highest BCUT2D eigenvalue weighted by molar-refractivity contribution is 6.13. The van der Waals surface area contributed by atoms with Crippen molar-refractivity contribution < 1.29 is 13.6 Å². The molecule has 4 aromatic rings. The maximum atomic E-state index is 14.5. The number of carbonyl (C=O) groups is 1. The summed E-state index contributed by atoms with van der Waals surface area (Å²) in [6, 6.07) is 7.72. The number of hydrogen-bond donors (Lipinski definition) is 1. The van der Waals surface area contributed by atoms with Crippen molar-refractivity contribution in [1.82, 2.24) is 14.3 Å². The minimum Gasteiger partial charge on any atom is -0.460 e. The van der Waals surface area contributed by atoms with Crippen molar-refractivity contribution in [2.75, 3.05) is 36.4 Å². The SMILES string of the molecule is Cc1cn2cc(NC(=O)c3ccc(N4CCC(N5CCCC5)C4)c4cc(C)oc34)cc(F)c2n1. The quantitative estimate of drug-likeness (QED) is 0.475. The first kappa shape index (κ1) is 21.2. The first-order chi connectivity index (χ1) is 16.5. The van der Waals surface area contributed by atoms with Crippen molar-refractivity contribution in [3.63, 3.8) is 0 Å². The van der Waals surface area contributed by atoms with Gasteiger partial charge in [0.05, 0.1) is 16.9 Å². The molecule has 0 radical (unpaired) electrons. The zero-order valence-electron chi connectivity index (χ0n) is 19.5. The molecule has 2 aliphatic heterocycles. The molecule has 1 atom stereocenters. The molecule has 0 aliphatic carbocycles. The summed E-state index contributed by atoms with van der Waals surface area (Å²) in [6.07, 6.45) is 7.13. The number of nitrogens with zero attached hydrogens (tertiary/aromatic N) is 4. The number of furan rings is 1. The van der Waals surface area contributed by atoms with Crippen LogP contribution in [0.5, 0.6) is 0 Å². The summed E-state index contributed by atoms with van der Waals surface area (Å²) in [4.78, 5) is 22.4. The van der Waals surface area contributed by atoms with Crippen molar-refractivity contribution in [3.8, 4) is 0 Å². The maximum Gasteiger partial charge on any atom is 0.259 e. The van der Waals surface area contributed by atoms with E-state index in [1.165, 1.54) is 32.0 Å². The number of aromatic nitrogens is 2. The highest BCUT2D eigenvalue weighted by atomic mass is 19.1. The van der Waals surface area contributed by atoms with Crippen LogP contribution in [0, 0.1) is 19.7 Å². The zero-order chi connectivity index (χ0) is 23.4. The highest BCUT2D eigenvalue weighted by Gasteiger charge is 2.31. The fraction of sp³-hybridized carbons (Fsp3) is 0.385. The Labute approximate surface area is 197 Å². The van der Waals surface area contributed by atoms with Gasteiger partial charge in [-0.25, -0.2) is 9.37 Å². The molecule has 1 N–H and O–H groups in total. The van der Waals surface area contributed by atoms with Gasteiger partial charge in [-0.3, -0.25) is 9.69 Å². The van der Waals surface area contributed by atoms with Gasteiger partial charge < -0.3 is 19.0 Å². The van der Waals surface area contributed by atoms with Gasteiger partial charge in [0.2, 0.25) is 0 Å². The molecule has 176 valence electrons. The monoisotopic (exact) mass is 461 g/mol. The van der Waals surface area contributed by atoms with Crippen LogP contribution in [-0.4, -0.2) is 52.4 Å². The molecule has 34 heavy (non-hydrogen) atoms. The van der Waals surface area contributed by atoms with Gasteiger partial charge in [0, 0.05) is 48.7 Å². The van der Waals surface area contributed by atoms with E-state index in [1.54, 1.807) is 23.7 Å². The first-order valence-electron chi connectivity index (χ1n) is 11.9. The third kappa shape index (κ3) is 3.62. The molecule has 3 aromatic heterocycles. The van der Waals surface area contributed by atoms with Gasteiger partial charge >= 0.3 is 0 Å². The van der Waals surface area contributed by atoms with E-state index in [1.807, 2.05) is 25.1 Å². The molecule has 7 nitrogen and oxygen atoms in total. The van der Waals surface area contributed by atoms with Gasteiger partial charge in [0.1, 0.15) is 11.3 Å². The lowest BCUT2D eigenvalue weighted by atomic mass is 10.1. The number of anilines is 2. The lowest BCUT2D eigenvalue weighted by Crippen LogP contribution is -2.35. The number of nitrogens with one attached hydrogen (secondary N) is 1. The summed E-state index contributed by atoms with van der Waals surface area (Å²) in [5.74, 6) is -0.0622. The Morgan fingerprint density at radius 3 is 2.79 bits per heavy atom. The van der Waals surface area contributed by atoms with Crippen molar-refractivity contribution in [3.05, 3.63) is 59.5 Å². The molecule has 1 amide bonds. The normalized spacial score (nSPS) is 19.0. The highest BCUT2D eigenvalue weighted by Crippen LogP contribution is 2.35. The van der Waals surface area contributed by atoms with Crippen molar-refractivity contribution >= 4 is 33.9 Å². The molecule has 1 aromatic carbocycles. The van der Waals surface area contributed by atoms with Crippen LogP contribution in [0.15, 0.2) is 41.1 Å². The number of benzene rings is 1. The number of amides is 1. The minimum atomic E-state index is -0.484. The number of carbonyl (C=O) groups excluding carboxylic acids is 1. The second kappa shape index (κ2) is 8.13. The van der Waals surface area contributed by atoms with E-state index in [0.717, 1.165) is 36.3 Å². The summed E-state index contributed by atoms with van der Waals surface area (Å²) in [6.45, 7) is 8.08. The number of likely N-dealkylation sites (tertiary alicyclic amines) is 1. The first-order valence-corrected chi connectivity index (χ1v) is 11.9. The third-order valence-electron chi connectivity index (χ3n) is 7.07. The van der Waals surface area contributed by atoms with Crippen molar-refractivity contribution in [2.24, 2.45) is 0 Å². The Morgan fingerprint density at radius 2 is 1.97 bits per heavy atom. The van der Waals surface area contributed by atoms with Crippen molar-refractivity contribution in [1.29, 1.82) is 0 Å². The minimum absolute atomic E-state index is 0.238. The molecule has 2 aliphatic rings. The molecule has 5 heterocycles. The standard InChI is InChI=1S/C26H28FN5O2/c1-16-13-32-14-18(12-22(27)25(32)28-16)29-26(33)20-5-6-23(21-11-17(2)34-24(20)21)31-10-7-19(15-31)30-8-3-4-9-30/h5-6,11-14,19H,3-4,7-10,15H2,1-2H3,(H,29,33). The van der Waals surface area contributed by atoms with E-state index < -0.39 is 5.82 Å². The van der Waals surface area contributed by atoms with E-state index in [-0.39, 0.29) is 11.6 Å². The molecule has 0 saturated carbocycles. The molecule has 0 bridgehead atoms. The Bertz CT molecular complexity index is 1400. The molecular weight excluding hydrogens is 433 g/mol. The molecule has 2 fully saturated rings. The fourth-order valence-corrected chi connectivity index (χ4v) is 5.50. The van der Waals surface area contributed by atoms with Gasteiger partial charge in [0.15, 0.2) is 11.5 Å². The number of fused-ring (bicyclic) bond motifs is 2. The molecule has 8 heteroatoms. The largest absolute Gasteiger partial charge is 0.460 e. The van der Waals surface area contributed by atoms with Crippen LogP contribution in [0.4, 0.5) is 15.8 Å². The fourth-order valence-electron chi connectivity index (χ4n) is 5.50. The van der Waals surface area contributed by atoms with Crippen LogP contribution in [0.2, 0.25) is 0 Å². The predicted octanol–water partition coefficient (Wildman–Crippen LogP) is 4.76. The topological polar surface area (TPSA) is 66.0 Å². The summed E-state index contributed by atoms with van der Waals surface area (Å²) < 4.78 is 22.1. The van der Waals surface area contributed by atoms with Crippen LogP contribution in [0.1, 0.15) is 41.1 Å². The Morgan fingerprint density at radius 1 is 1.15 bits per heavy atom. The number of hydrogen-bond acceptors (Lipinski definition) is 5. The maximum absolute atomic E-state index is 14.5.